The molecule has 0 heterocycles. The molecule has 0 amide bonds. The van der Waals surface area contributed by atoms with E-state index in [2.05, 4.69) is 11.6 Å². The van der Waals surface area contributed by atoms with Crippen LogP contribution in [0.25, 0.3) is 0 Å². The van der Waals surface area contributed by atoms with Crippen LogP contribution in [0.3, 0.4) is 0 Å². The fraction of sp³-hybridized carbons (Fsp3) is 1.00. The average Bonchev–Trinajstić information content (AvgIpc) is 1.38. The van der Waals surface area contributed by atoms with E-state index in [4.69, 9.17) is 0 Å². The minimum absolute atomic E-state index is 1.10. The van der Waals surface area contributed by atoms with Gasteiger partial charge in [0.25, 0.3) is 0 Å². The molecule has 0 aromatic rings. The molecule has 0 aliphatic carbocycles. The lowest BCUT2D eigenvalue weighted by Gasteiger charge is -1.80. The largest absolute Gasteiger partial charge is 0.247 e. The summed E-state index contributed by atoms with van der Waals surface area (Å²) in [5.41, 5.74) is -1.81. The average molecular weight is 100 g/mol. The molecule has 0 unspecified atom stereocenters. The molecule has 0 spiro atoms. The summed E-state index contributed by atoms with van der Waals surface area (Å²) in [6.07, 6.45) is 0. The molecule has 0 aromatic carbocycles. The first-order valence-corrected chi connectivity index (χ1v) is 1.55. The maximum Gasteiger partial charge on any atom is 0.201 e. The first-order valence-electron chi connectivity index (χ1n) is 1.11. The van der Waals surface area contributed by atoms with Gasteiger partial charge in [0.1, 0.15) is 6.67 Å². The lowest BCUT2D eigenvalue weighted by molar-refractivity contribution is 0.342. The fourth-order valence-corrected chi connectivity index (χ4v) is 0. The molecule has 0 saturated heterocycles. The van der Waals surface area contributed by atoms with Crippen LogP contribution in [0.5, 0.6) is 0 Å². The summed E-state index contributed by atoms with van der Waals surface area (Å²) in [5, 5.41) is 0. The van der Waals surface area contributed by atoms with Crippen molar-refractivity contribution in [3.05, 3.63) is 0 Å². The van der Waals surface area contributed by atoms with Gasteiger partial charge in [-0.2, -0.15) is 0 Å². The van der Waals surface area contributed by atoms with Gasteiger partial charge in [-0.1, -0.05) is 11.6 Å². The molecule has 0 rings (SSSR count). The second kappa shape index (κ2) is 2.39. The summed E-state index contributed by atoms with van der Waals surface area (Å²) in [5.74, 6) is 0. The predicted molar refractivity (Wildman–Crippen MR) is 16.7 cm³/mol. The zero-order valence-corrected chi connectivity index (χ0v) is 3.17. The number of rotatable bonds is 1. The van der Waals surface area contributed by atoms with Crippen LogP contribution in [0, 0.1) is 0 Å². The van der Waals surface area contributed by atoms with Gasteiger partial charge in [-0.05, 0) is 0 Å². The van der Waals surface area contributed by atoms with Gasteiger partial charge in [0.2, 0.25) is 5.63 Å². The lowest BCUT2D eigenvalue weighted by Crippen LogP contribution is -1.86. The van der Waals surface area contributed by atoms with E-state index in [-0.39, 0.29) is 0 Å². The van der Waals surface area contributed by atoms with E-state index in [1.54, 1.807) is 0 Å². The summed E-state index contributed by atoms with van der Waals surface area (Å²) >= 11 is 4.42. The standard InChI is InChI=1S/C2H3ClF2/c3-2(5)1-4/h2H,1H2/t2-/m0/s1. The Kier molecular flexibility index (Phi) is 2.46. The van der Waals surface area contributed by atoms with Crippen LogP contribution >= 0.6 is 11.6 Å². The number of halogens is 3. The summed E-state index contributed by atoms with van der Waals surface area (Å²) in [6.45, 7) is -1.10. The Labute approximate surface area is 33.7 Å². The van der Waals surface area contributed by atoms with Gasteiger partial charge in [-0.3, -0.25) is 0 Å². The smallest absolute Gasteiger partial charge is 0.201 e. The van der Waals surface area contributed by atoms with Crippen molar-refractivity contribution in [2.75, 3.05) is 6.67 Å². The molecule has 32 valence electrons. The molecular weight excluding hydrogens is 97.5 g/mol. The van der Waals surface area contributed by atoms with Gasteiger partial charge in [0.15, 0.2) is 0 Å². The molecule has 0 bridgehead atoms. The van der Waals surface area contributed by atoms with Crippen molar-refractivity contribution in [1.82, 2.24) is 0 Å². The van der Waals surface area contributed by atoms with Crippen LogP contribution < -0.4 is 0 Å². The lowest BCUT2D eigenvalue weighted by atomic mass is 10.9. The van der Waals surface area contributed by atoms with E-state index in [0.717, 1.165) is 0 Å². The van der Waals surface area contributed by atoms with Crippen LogP contribution in [0.1, 0.15) is 0 Å². The second-order valence-electron chi connectivity index (χ2n) is 0.545. The predicted octanol–water partition coefficient (Wildman–Crippen LogP) is 1.49. The maximum absolute atomic E-state index is 10.8. The molecule has 0 nitrogen and oxygen atoms in total. The summed E-state index contributed by atoms with van der Waals surface area (Å²) in [6, 6.07) is 0. The van der Waals surface area contributed by atoms with Gasteiger partial charge >= 0.3 is 0 Å². The van der Waals surface area contributed by atoms with Gasteiger partial charge in [-0.25, -0.2) is 8.78 Å². The van der Waals surface area contributed by atoms with E-state index in [1.807, 2.05) is 0 Å². The maximum atomic E-state index is 10.8. The van der Waals surface area contributed by atoms with Crippen molar-refractivity contribution in [3.63, 3.8) is 0 Å². The molecule has 3 heteroatoms. The molecule has 0 aromatic heterocycles. The van der Waals surface area contributed by atoms with Crippen LogP contribution in [0.2, 0.25) is 0 Å². The highest BCUT2D eigenvalue weighted by atomic mass is 35.5. The van der Waals surface area contributed by atoms with Crippen molar-refractivity contribution in [2.24, 2.45) is 0 Å². The summed E-state index contributed by atoms with van der Waals surface area (Å²) in [7, 11) is 0. The van der Waals surface area contributed by atoms with Crippen molar-refractivity contribution in [1.29, 1.82) is 0 Å². The Balaban J connectivity index is 2.54. The molecular formula is C2H3ClF2. The highest BCUT2D eigenvalue weighted by Gasteiger charge is 1.92. The van der Waals surface area contributed by atoms with Crippen molar-refractivity contribution in [3.8, 4) is 0 Å². The highest BCUT2D eigenvalue weighted by Crippen LogP contribution is 1.94. The molecule has 0 N–H and O–H groups in total. The number of alkyl halides is 3. The van der Waals surface area contributed by atoms with Crippen molar-refractivity contribution >= 4 is 11.6 Å². The zero-order valence-electron chi connectivity index (χ0n) is 2.42. The van der Waals surface area contributed by atoms with E-state index in [0.29, 0.717) is 0 Å². The summed E-state index contributed by atoms with van der Waals surface area (Å²) < 4.78 is 21.4. The summed E-state index contributed by atoms with van der Waals surface area (Å²) in [4.78, 5) is 0. The molecule has 0 aliphatic rings. The molecule has 0 radical (unpaired) electrons. The Morgan fingerprint density at radius 3 is 2.00 bits per heavy atom. The monoisotopic (exact) mass is 100.0 g/mol. The van der Waals surface area contributed by atoms with Gasteiger partial charge in [0, 0.05) is 0 Å². The Hall–Kier alpha value is 0.150. The minimum atomic E-state index is -1.81. The van der Waals surface area contributed by atoms with E-state index in [9.17, 15) is 8.78 Å². The zero-order chi connectivity index (χ0) is 4.28. The third-order valence-corrected chi connectivity index (χ3v) is 0.233. The Morgan fingerprint density at radius 1 is 1.80 bits per heavy atom. The van der Waals surface area contributed by atoms with E-state index < -0.39 is 12.3 Å². The molecule has 0 fully saturated rings. The topological polar surface area (TPSA) is 0 Å². The van der Waals surface area contributed by atoms with Gasteiger partial charge < -0.3 is 0 Å². The van der Waals surface area contributed by atoms with Gasteiger partial charge in [-0.15, -0.1) is 0 Å². The van der Waals surface area contributed by atoms with Crippen molar-refractivity contribution in [2.45, 2.75) is 5.63 Å². The third-order valence-electron chi connectivity index (χ3n) is 0.117. The first-order chi connectivity index (χ1) is 2.27. The molecule has 0 aliphatic heterocycles. The Morgan fingerprint density at radius 2 is 2.00 bits per heavy atom. The van der Waals surface area contributed by atoms with Crippen LogP contribution in [-0.2, 0) is 0 Å². The third kappa shape index (κ3) is 4.15. The molecule has 5 heavy (non-hydrogen) atoms. The first kappa shape index (κ1) is 5.15. The quantitative estimate of drug-likeness (QED) is 0.438. The minimum Gasteiger partial charge on any atom is -0.247 e. The van der Waals surface area contributed by atoms with E-state index in [1.165, 1.54) is 0 Å². The van der Waals surface area contributed by atoms with Crippen LogP contribution in [0.15, 0.2) is 0 Å². The fourth-order valence-electron chi connectivity index (χ4n) is 0. The van der Waals surface area contributed by atoms with E-state index >= 15 is 0 Å². The molecule has 1 atom stereocenters. The van der Waals surface area contributed by atoms with Crippen LogP contribution in [-0.4, -0.2) is 12.3 Å². The van der Waals surface area contributed by atoms with Crippen LogP contribution in [0.4, 0.5) is 8.78 Å². The highest BCUT2D eigenvalue weighted by molar-refractivity contribution is 6.19. The molecule has 0 saturated carbocycles. The van der Waals surface area contributed by atoms with Crippen molar-refractivity contribution < 1.29 is 8.78 Å². The normalized spacial score (nSPS) is 15.0. The number of hydrogen-bond donors (Lipinski definition) is 0. The number of hydrogen-bond acceptors (Lipinski definition) is 0. The van der Waals surface area contributed by atoms with Gasteiger partial charge in [0.05, 0.1) is 0 Å². The second-order valence-corrected chi connectivity index (χ2v) is 1.02. The Bertz CT molecular complexity index is 21.6. The SMILES string of the molecule is FC[C@H](F)Cl.